The quantitative estimate of drug-likeness (QED) is 0.670. The molecule has 5 nitrogen and oxygen atoms in total. The Hall–Kier alpha value is -1.17. The summed E-state index contributed by atoms with van der Waals surface area (Å²) < 4.78 is 0. The van der Waals surface area contributed by atoms with E-state index in [1.165, 1.54) is 6.07 Å². The van der Waals surface area contributed by atoms with Crippen LogP contribution in [0, 0.1) is 10.1 Å². The number of nitrogens with zero attached hydrogens (tertiary/aromatic N) is 2. The first-order chi connectivity index (χ1) is 9.39. The average Bonchev–Trinajstić information content (AvgIpc) is 2.77. The molecule has 0 aliphatic heterocycles. The number of hydrogen-bond donors (Lipinski definition) is 1. The van der Waals surface area contributed by atoms with Gasteiger partial charge in [-0.3, -0.25) is 15.0 Å². The number of halogens is 1. The van der Waals surface area contributed by atoms with Crippen LogP contribution >= 0.6 is 11.6 Å². The molecule has 1 aliphatic rings. The molecule has 0 amide bonds. The maximum Gasteiger partial charge on any atom is 0.275 e. The lowest BCUT2D eigenvalue weighted by atomic mass is 10.0. The van der Waals surface area contributed by atoms with E-state index in [1.54, 1.807) is 12.1 Å². The molecule has 6 heteroatoms. The summed E-state index contributed by atoms with van der Waals surface area (Å²) in [6, 6.07) is 4.70. The summed E-state index contributed by atoms with van der Waals surface area (Å²) >= 11 is 5.80. The Balaban J connectivity index is 2.07. The summed E-state index contributed by atoms with van der Waals surface area (Å²) in [6.07, 6.45) is 3.71. The molecule has 0 radical (unpaired) electrons. The second kappa shape index (κ2) is 6.08. The lowest BCUT2D eigenvalue weighted by Crippen LogP contribution is -2.38. The zero-order valence-electron chi connectivity index (χ0n) is 11.5. The Morgan fingerprint density at radius 3 is 2.70 bits per heavy atom. The molecule has 1 N–H and O–H groups in total. The smallest absolute Gasteiger partial charge is 0.275 e. The third-order valence-electron chi connectivity index (χ3n) is 3.78. The molecule has 110 valence electrons. The normalized spacial score (nSPS) is 17.6. The predicted octanol–water partition coefficient (Wildman–Crippen LogP) is 2.99. The molecule has 1 saturated carbocycles. The van der Waals surface area contributed by atoms with Crippen LogP contribution in [-0.2, 0) is 6.54 Å². The minimum atomic E-state index is -0.643. The van der Waals surface area contributed by atoms with Crippen molar-refractivity contribution in [1.29, 1.82) is 0 Å². The third kappa shape index (κ3) is 3.69. The Morgan fingerprint density at radius 2 is 2.10 bits per heavy atom. The highest BCUT2D eigenvalue weighted by Crippen LogP contribution is 2.31. The number of aliphatic hydroxyl groups is 1. The van der Waals surface area contributed by atoms with Gasteiger partial charge in [-0.1, -0.05) is 24.4 Å². The minimum Gasteiger partial charge on any atom is -0.389 e. The molecule has 1 aromatic rings. The van der Waals surface area contributed by atoms with Crippen LogP contribution in [-0.4, -0.2) is 34.1 Å². The van der Waals surface area contributed by atoms with E-state index in [1.807, 2.05) is 11.9 Å². The molecule has 0 saturated heterocycles. The fraction of sp³-hybridized carbons (Fsp3) is 0.571. The van der Waals surface area contributed by atoms with Crippen molar-refractivity contribution in [2.75, 3.05) is 13.6 Å². The predicted molar refractivity (Wildman–Crippen MR) is 77.9 cm³/mol. The molecule has 1 aliphatic carbocycles. The maximum atomic E-state index is 11.0. The summed E-state index contributed by atoms with van der Waals surface area (Å²) in [5.74, 6) is 0. The van der Waals surface area contributed by atoms with Gasteiger partial charge in [-0.15, -0.1) is 0 Å². The van der Waals surface area contributed by atoms with Crippen LogP contribution in [0.1, 0.15) is 31.2 Å². The van der Waals surface area contributed by atoms with Crippen LogP contribution in [0.15, 0.2) is 18.2 Å². The second-order valence-corrected chi connectivity index (χ2v) is 6.07. The third-order valence-corrected chi connectivity index (χ3v) is 4.02. The SMILES string of the molecule is CN(Cc1ccc(Cl)cc1[N+](=O)[O-])CC1(O)CCCC1. The molecule has 0 bridgehead atoms. The zero-order valence-corrected chi connectivity index (χ0v) is 12.3. The topological polar surface area (TPSA) is 66.6 Å². The average molecular weight is 299 g/mol. The summed E-state index contributed by atoms with van der Waals surface area (Å²) in [5.41, 5.74) is 0.00178. The number of nitro groups is 1. The Morgan fingerprint density at radius 1 is 1.45 bits per heavy atom. The zero-order chi connectivity index (χ0) is 14.8. The highest BCUT2D eigenvalue weighted by molar-refractivity contribution is 6.30. The van der Waals surface area contributed by atoms with Gasteiger partial charge in [0.1, 0.15) is 0 Å². The fourth-order valence-electron chi connectivity index (χ4n) is 2.88. The number of hydrogen-bond acceptors (Lipinski definition) is 4. The summed E-state index contributed by atoms with van der Waals surface area (Å²) in [5, 5.41) is 21.8. The largest absolute Gasteiger partial charge is 0.389 e. The number of nitro benzene ring substituents is 1. The van der Waals surface area contributed by atoms with Gasteiger partial charge >= 0.3 is 0 Å². The number of rotatable bonds is 5. The molecule has 0 unspecified atom stereocenters. The van der Waals surface area contributed by atoms with Crippen molar-refractivity contribution in [2.45, 2.75) is 37.8 Å². The van der Waals surface area contributed by atoms with E-state index in [4.69, 9.17) is 11.6 Å². The van der Waals surface area contributed by atoms with Crippen molar-refractivity contribution in [1.82, 2.24) is 4.90 Å². The van der Waals surface area contributed by atoms with E-state index in [-0.39, 0.29) is 5.69 Å². The lowest BCUT2D eigenvalue weighted by Gasteiger charge is -2.28. The van der Waals surface area contributed by atoms with Crippen LogP contribution in [0.4, 0.5) is 5.69 Å². The number of benzene rings is 1. The van der Waals surface area contributed by atoms with Crippen LogP contribution in [0.2, 0.25) is 5.02 Å². The van der Waals surface area contributed by atoms with E-state index in [0.717, 1.165) is 25.7 Å². The standard InChI is InChI=1S/C14H19ClN2O3/c1-16(10-14(18)6-2-3-7-14)9-11-4-5-12(15)8-13(11)17(19)20/h4-5,8,18H,2-3,6-7,9-10H2,1H3. The van der Waals surface area contributed by atoms with Crippen molar-refractivity contribution in [3.63, 3.8) is 0 Å². The molecular formula is C14H19ClN2O3. The van der Waals surface area contributed by atoms with Gasteiger partial charge in [0.25, 0.3) is 5.69 Å². The Labute approximate surface area is 123 Å². The first-order valence-electron chi connectivity index (χ1n) is 6.73. The van der Waals surface area contributed by atoms with Gasteiger partial charge in [0.2, 0.25) is 0 Å². The van der Waals surface area contributed by atoms with Gasteiger partial charge in [0, 0.05) is 29.7 Å². The van der Waals surface area contributed by atoms with Gasteiger partial charge in [-0.05, 0) is 32.0 Å². The summed E-state index contributed by atoms with van der Waals surface area (Å²) in [4.78, 5) is 12.6. The molecule has 1 fully saturated rings. The van der Waals surface area contributed by atoms with E-state index in [2.05, 4.69) is 0 Å². The first-order valence-corrected chi connectivity index (χ1v) is 7.11. The molecule has 0 spiro atoms. The van der Waals surface area contributed by atoms with Crippen molar-refractivity contribution in [3.05, 3.63) is 38.9 Å². The van der Waals surface area contributed by atoms with Crippen molar-refractivity contribution in [3.8, 4) is 0 Å². The highest BCUT2D eigenvalue weighted by Gasteiger charge is 2.32. The molecule has 1 aromatic carbocycles. The van der Waals surface area contributed by atoms with E-state index in [9.17, 15) is 15.2 Å². The van der Waals surface area contributed by atoms with Crippen LogP contribution in [0.3, 0.4) is 0 Å². The highest BCUT2D eigenvalue weighted by atomic mass is 35.5. The van der Waals surface area contributed by atoms with E-state index >= 15 is 0 Å². The van der Waals surface area contributed by atoms with Gasteiger partial charge in [0.05, 0.1) is 10.5 Å². The molecule has 0 heterocycles. The molecule has 20 heavy (non-hydrogen) atoms. The van der Waals surface area contributed by atoms with Gasteiger partial charge < -0.3 is 5.11 Å². The molecule has 0 atom stereocenters. The van der Waals surface area contributed by atoms with Crippen LogP contribution in [0.5, 0.6) is 0 Å². The maximum absolute atomic E-state index is 11.0. The van der Waals surface area contributed by atoms with E-state index < -0.39 is 10.5 Å². The van der Waals surface area contributed by atoms with Crippen molar-refractivity contribution in [2.24, 2.45) is 0 Å². The lowest BCUT2D eigenvalue weighted by molar-refractivity contribution is -0.385. The van der Waals surface area contributed by atoms with E-state index in [0.29, 0.717) is 23.7 Å². The molecule has 2 rings (SSSR count). The number of likely N-dealkylation sites (N-methyl/N-ethyl adjacent to an activating group) is 1. The summed E-state index contributed by atoms with van der Waals surface area (Å²) in [6.45, 7) is 0.961. The van der Waals surface area contributed by atoms with Crippen LogP contribution < -0.4 is 0 Å². The monoisotopic (exact) mass is 298 g/mol. The second-order valence-electron chi connectivity index (χ2n) is 5.63. The Bertz CT molecular complexity index is 501. The molecule has 0 aromatic heterocycles. The minimum absolute atomic E-state index is 0.0303. The Kier molecular flexibility index (Phi) is 4.62. The molecular weight excluding hydrogens is 280 g/mol. The van der Waals surface area contributed by atoms with Crippen LogP contribution in [0.25, 0.3) is 0 Å². The summed E-state index contributed by atoms with van der Waals surface area (Å²) in [7, 11) is 1.87. The van der Waals surface area contributed by atoms with Gasteiger partial charge in [0.15, 0.2) is 0 Å². The van der Waals surface area contributed by atoms with Crippen molar-refractivity contribution < 1.29 is 10.0 Å². The van der Waals surface area contributed by atoms with Gasteiger partial charge in [-0.25, -0.2) is 0 Å². The van der Waals surface area contributed by atoms with Gasteiger partial charge in [-0.2, -0.15) is 0 Å². The fourth-order valence-corrected chi connectivity index (χ4v) is 3.05. The first kappa shape index (κ1) is 15.2. The van der Waals surface area contributed by atoms with Crippen molar-refractivity contribution >= 4 is 17.3 Å².